The van der Waals surface area contributed by atoms with E-state index in [9.17, 15) is 0 Å². The molecule has 0 aliphatic carbocycles. The summed E-state index contributed by atoms with van der Waals surface area (Å²) < 4.78 is 5.32. The van der Waals surface area contributed by atoms with Crippen LogP contribution >= 0.6 is 12.2 Å². The van der Waals surface area contributed by atoms with Gasteiger partial charge in [0.15, 0.2) is 5.11 Å². The first-order valence-corrected chi connectivity index (χ1v) is 9.07. The van der Waals surface area contributed by atoms with Gasteiger partial charge < -0.3 is 19.9 Å². The summed E-state index contributed by atoms with van der Waals surface area (Å²) in [7, 11) is 1.70. The summed E-state index contributed by atoms with van der Waals surface area (Å²) in [5.74, 6) is 0.897. The summed E-state index contributed by atoms with van der Waals surface area (Å²) >= 11 is 5.62. The molecule has 1 unspecified atom stereocenters. The number of thiocarbonyl (C=S) groups is 1. The summed E-state index contributed by atoms with van der Waals surface area (Å²) in [6.07, 6.45) is 0. The molecular weight excluding hydrogens is 330 g/mol. The maximum Gasteiger partial charge on any atom is 0.169 e. The van der Waals surface area contributed by atoms with Crippen molar-refractivity contribution in [2.45, 2.75) is 13.0 Å². The zero-order valence-corrected chi connectivity index (χ0v) is 15.6. The third kappa shape index (κ3) is 4.42. The number of nitrogens with one attached hydrogen (secondary N) is 1. The van der Waals surface area contributed by atoms with E-state index in [-0.39, 0.29) is 6.04 Å². The van der Waals surface area contributed by atoms with Crippen molar-refractivity contribution in [1.29, 1.82) is 0 Å². The molecule has 1 aliphatic heterocycles. The lowest BCUT2D eigenvalue weighted by Crippen LogP contribution is -2.52. The number of methoxy groups -OCH3 is 1. The number of hydrogen-bond acceptors (Lipinski definition) is 3. The van der Waals surface area contributed by atoms with E-state index < -0.39 is 0 Å². The molecule has 0 amide bonds. The predicted octanol–water partition coefficient (Wildman–Crippen LogP) is 3.45. The van der Waals surface area contributed by atoms with Gasteiger partial charge in [-0.3, -0.25) is 0 Å². The van der Waals surface area contributed by atoms with E-state index in [1.807, 2.05) is 18.2 Å². The highest BCUT2D eigenvalue weighted by molar-refractivity contribution is 7.80. The lowest BCUT2D eigenvalue weighted by molar-refractivity contribution is 0.375. The Kier molecular flexibility index (Phi) is 5.76. The Morgan fingerprint density at radius 1 is 1.04 bits per heavy atom. The summed E-state index contributed by atoms with van der Waals surface area (Å²) in [6.45, 7) is 5.90. The van der Waals surface area contributed by atoms with Gasteiger partial charge in [-0.05, 0) is 36.8 Å². The highest BCUT2D eigenvalue weighted by Crippen LogP contribution is 2.22. The zero-order valence-electron chi connectivity index (χ0n) is 14.8. The van der Waals surface area contributed by atoms with Gasteiger partial charge in [0.1, 0.15) is 5.75 Å². The minimum atomic E-state index is 0.213. The van der Waals surface area contributed by atoms with Gasteiger partial charge in [0.2, 0.25) is 0 Å². The Hall–Kier alpha value is -2.27. The Balaban J connectivity index is 1.54. The van der Waals surface area contributed by atoms with Gasteiger partial charge in [0, 0.05) is 37.9 Å². The first-order chi connectivity index (χ1) is 12.2. The van der Waals surface area contributed by atoms with Crippen LogP contribution in [0.25, 0.3) is 0 Å². The standard InChI is InChI=1S/C20H25N3OS/c1-16(17-7-4-3-5-8-17)21-20(25)23-13-11-22(12-14-23)18-9-6-10-19(15-18)24-2/h3-10,15-16H,11-14H2,1-2H3,(H,21,25). The molecule has 5 heteroatoms. The average Bonchev–Trinajstić information content (AvgIpc) is 2.68. The summed E-state index contributed by atoms with van der Waals surface area (Å²) in [6, 6.07) is 18.8. The van der Waals surface area contributed by atoms with E-state index in [2.05, 4.69) is 58.4 Å². The van der Waals surface area contributed by atoms with Crippen molar-refractivity contribution in [3.63, 3.8) is 0 Å². The van der Waals surface area contributed by atoms with E-state index in [0.29, 0.717) is 0 Å². The Morgan fingerprint density at radius 3 is 2.44 bits per heavy atom. The van der Waals surface area contributed by atoms with Gasteiger partial charge in [0.25, 0.3) is 0 Å². The van der Waals surface area contributed by atoms with Gasteiger partial charge in [-0.15, -0.1) is 0 Å². The fraction of sp³-hybridized carbons (Fsp3) is 0.350. The highest BCUT2D eigenvalue weighted by Gasteiger charge is 2.20. The van der Waals surface area contributed by atoms with Crippen molar-refractivity contribution in [2.24, 2.45) is 0 Å². The quantitative estimate of drug-likeness (QED) is 0.848. The molecule has 3 rings (SSSR count). The number of rotatable bonds is 4. The normalized spacial score (nSPS) is 15.6. The van der Waals surface area contributed by atoms with E-state index in [1.54, 1.807) is 7.11 Å². The highest BCUT2D eigenvalue weighted by atomic mass is 32.1. The number of piperazine rings is 1. The SMILES string of the molecule is COc1cccc(N2CCN(C(=S)NC(C)c3ccccc3)CC2)c1. The van der Waals surface area contributed by atoms with Crippen molar-refractivity contribution in [3.05, 3.63) is 60.2 Å². The summed E-state index contributed by atoms with van der Waals surface area (Å²) in [4.78, 5) is 4.63. The third-order valence-electron chi connectivity index (χ3n) is 4.62. The van der Waals surface area contributed by atoms with Crippen LogP contribution in [0.1, 0.15) is 18.5 Å². The lowest BCUT2D eigenvalue weighted by Gasteiger charge is -2.38. The number of nitrogens with zero attached hydrogens (tertiary/aromatic N) is 2. The maximum absolute atomic E-state index is 5.62. The lowest BCUT2D eigenvalue weighted by atomic mass is 10.1. The molecule has 2 aromatic carbocycles. The molecule has 0 bridgehead atoms. The molecule has 0 spiro atoms. The van der Waals surface area contributed by atoms with Crippen LogP contribution in [0.5, 0.6) is 5.75 Å². The molecule has 4 nitrogen and oxygen atoms in total. The van der Waals surface area contributed by atoms with Crippen molar-refractivity contribution in [2.75, 3.05) is 38.2 Å². The fourth-order valence-electron chi connectivity index (χ4n) is 3.08. The molecule has 1 aliphatic rings. The summed E-state index contributed by atoms with van der Waals surface area (Å²) in [5.41, 5.74) is 2.45. The van der Waals surface area contributed by atoms with Crippen molar-refractivity contribution >= 4 is 23.0 Å². The first-order valence-electron chi connectivity index (χ1n) is 8.67. The van der Waals surface area contributed by atoms with Crippen LogP contribution in [0, 0.1) is 0 Å². The molecular formula is C20H25N3OS. The molecule has 1 heterocycles. The van der Waals surface area contributed by atoms with Crippen molar-refractivity contribution < 1.29 is 4.74 Å². The third-order valence-corrected chi connectivity index (χ3v) is 5.00. The van der Waals surface area contributed by atoms with Crippen LogP contribution in [0.15, 0.2) is 54.6 Å². The van der Waals surface area contributed by atoms with E-state index in [1.165, 1.54) is 11.3 Å². The van der Waals surface area contributed by atoms with Gasteiger partial charge in [-0.1, -0.05) is 36.4 Å². The maximum atomic E-state index is 5.62. The van der Waals surface area contributed by atoms with Crippen molar-refractivity contribution in [1.82, 2.24) is 10.2 Å². The Morgan fingerprint density at radius 2 is 1.76 bits per heavy atom. The Bertz CT molecular complexity index is 699. The van der Waals surface area contributed by atoms with Crippen LogP contribution in [0.2, 0.25) is 0 Å². The number of benzene rings is 2. The largest absolute Gasteiger partial charge is 0.497 e. The van der Waals surface area contributed by atoms with E-state index in [4.69, 9.17) is 17.0 Å². The first kappa shape index (κ1) is 17.5. The molecule has 0 radical (unpaired) electrons. The molecule has 25 heavy (non-hydrogen) atoms. The van der Waals surface area contributed by atoms with E-state index in [0.717, 1.165) is 37.0 Å². The minimum absolute atomic E-state index is 0.213. The van der Waals surface area contributed by atoms with Crippen molar-refractivity contribution in [3.8, 4) is 5.75 Å². The Labute approximate surface area is 155 Å². The molecule has 0 aromatic heterocycles. The second-order valence-electron chi connectivity index (χ2n) is 6.26. The van der Waals surface area contributed by atoms with Gasteiger partial charge in [-0.25, -0.2) is 0 Å². The topological polar surface area (TPSA) is 27.7 Å². The number of anilines is 1. The molecule has 1 N–H and O–H groups in total. The smallest absolute Gasteiger partial charge is 0.169 e. The molecule has 1 fully saturated rings. The zero-order chi connectivity index (χ0) is 17.6. The molecule has 132 valence electrons. The average molecular weight is 356 g/mol. The molecule has 0 saturated carbocycles. The fourth-order valence-corrected chi connectivity index (χ4v) is 3.44. The van der Waals surface area contributed by atoms with Crippen LogP contribution in [0.3, 0.4) is 0 Å². The van der Waals surface area contributed by atoms with Gasteiger partial charge >= 0.3 is 0 Å². The van der Waals surface area contributed by atoms with Gasteiger partial charge in [0.05, 0.1) is 13.2 Å². The van der Waals surface area contributed by atoms with Gasteiger partial charge in [-0.2, -0.15) is 0 Å². The van der Waals surface area contributed by atoms with Crippen LogP contribution in [0.4, 0.5) is 5.69 Å². The second kappa shape index (κ2) is 8.21. The molecule has 1 atom stereocenters. The number of ether oxygens (including phenoxy) is 1. The van der Waals surface area contributed by atoms with Crippen LogP contribution < -0.4 is 15.0 Å². The molecule has 2 aromatic rings. The minimum Gasteiger partial charge on any atom is -0.497 e. The van der Waals surface area contributed by atoms with E-state index >= 15 is 0 Å². The second-order valence-corrected chi connectivity index (χ2v) is 6.64. The predicted molar refractivity (Wildman–Crippen MR) is 107 cm³/mol. The van der Waals surface area contributed by atoms with Crippen LogP contribution in [-0.4, -0.2) is 43.3 Å². The van der Waals surface area contributed by atoms with Crippen LogP contribution in [-0.2, 0) is 0 Å². The molecule has 1 saturated heterocycles. The summed E-state index contributed by atoms with van der Waals surface area (Å²) in [5, 5.41) is 4.29. The number of hydrogen-bond donors (Lipinski definition) is 1. The monoisotopic (exact) mass is 355 g/mol.